The first kappa shape index (κ1) is 13.6. The normalized spacial score (nSPS) is 18.1. The van der Waals surface area contributed by atoms with Crippen LogP contribution in [0, 0.1) is 0 Å². The Balaban J connectivity index is 2.41. The Morgan fingerprint density at radius 3 is 2.29 bits per heavy atom. The predicted octanol–water partition coefficient (Wildman–Crippen LogP) is 6.16. The zero-order valence-corrected chi connectivity index (χ0v) is 12.3. The number of hydrogen-bond acceptors (Lipinski definition) is 0. The number of allylic oxidation sites excluding steroid dienone is 4. The molecule has 0 spiro atoms. The lowest BCUT2D eigenvalue weighted by Crippen LogP contribution is -2.09. The molecule has 90 valence electrons. The molecular formula is C12H7Cl5. The summed E-state index contributed by atoms with van der Waals surface area (Å²) >= 11 is 30.0. The second kappa shape index (κ2) is 5.03. The summed E-state index contributed by atoms with van der Waals surface area (Å²) in [4.78, 5) is 0. The fourth-order valence-corrected chi connectivity index (χ4v) is 2.47. The highest BCUT2D eigenvalue weighted by Crippen LogP contribution is 2.40. The summed E-state index contributed by atoms with van der Waals surface area (Å²) in [5.41, 5.74) is 1.76. The summed E-state index contributed by atoms with van der Waals surface area (Å²) in [6.07, 6.45) is 6.00. The van der Waals surface area contributed by atoms with Crippen LogP contribution in [-0.4, -0.2) is 4.33 Å². The molecule has 0 saturated heterocycles. The molecule has 0 fully saturated rings. The predicted molar refractivity (Wildman–Crippen MR) is 77.6 cm³/mol. The summed E-state index contributed by atoms with van der Waals surface area (Å²) < 4.78 is -0.841. The van der Waals surface area contributed by atoms with E-state index in [0.29, 0.717) is 21.5 Å². The minimum absolute atomic E-state index is 0.355. The van der Waals surface area contributed by atoms with Gasteiger partial charge in [-0.05, 0) is 17.7 Å². The SMILES string of the molecule is Clc1ccc(C2=CCC(Cl)(Cl)C=C2)c(Cl)c1Cl. The molecule has 0 heterocycles. The van der Waals surface area contributed by atoms with Crippen LogP contribution in [0.25, 0.3) is 5.57 Å². The van der Waals surface area contributed by atoms with Gasteiger partial charge in [0, 0.05) is 12.0 Å². The Kier molecular flexibility index (Phi) is 4.02. The van der Waals surface area contributed by atoms with E-state index in [1.165, 1.54) is 0 Å². The molecule has 2 rings (SSSR count). The van der Waals surface area contributed by atoms with Crippen molar-refractivity contribution in [3.05, 3.63) is 51.0 Å². The molecule has 0 N–H and O–H groups in total. The molecule has 0 unspecified atom stereocenters. The quantitative estimate of drug-likeness (QED) is 0.427. The van der Waals surface area contributed by atoms with Crippen molar-refractivity contribution in [1.82, 2.24) is 0 Å². The smallest absolute Gasteiger partial charge is 0.0966 e. The third kappa shape index (κ3) is 2.94. The Morgan fingerprint density at radius 1 is 1.00 bits per heavy atom. The molecule has 0 amide bonds. The Hall–Kier alpha value is 0.150. The van der Waals surface area contributed by atoms with Crippen molar-refractivity contribution in [1.29, 1.82) is 0 Å². The fourth-order valence-electron chi connectivity index (χ4n) is 1.54. The van der Waals surface area contributed by atoms with Crippen LogP contribution in [0.3, 0.4) is 0 Å². The van der Waals surface area contributed by atoms with Gasteiger partial charge in [-0.15, -0.1) is 0 Å². The van der Waals surface area contributed by atoms with Crippen LogP contribution in [0.5, 0.6) is 0 Å². The number of benzene rings is 1. The Labute approximate surface area is 125 Å². The second-order valence-corrected chi connectivity index (χ2v) is 6.39. The van der Waals surface area contributed by atoms with E-state index in [1.807, 2.05) is 18.2 Å². The first-order valence-electron chi connectivity index (χ1n) is 4.82. The molecule has 0 nitrogen and oxygen atoms in total. The van der Waals surface area contributed by atoms with Crippen LogP contribution < -0.4 is 0 Å². The van der Waals surface area contributed by atoms with Crippen molar-refractivity contribution >= 4 is 63.6 Å². The van der Waals surface area contributed by atoms with Gasteiger partial charge in [0.15, 0.2) is 0 Å². The van der Waals surface area contributed by atoms with Crippen molar-refractivity contribution in [3.8, 4) is 0 Å². The zero-order chi connectivity index (χ0) is 12.6. The van der Waals surface area contributed by atoms with Crippen molar-refractivity contribution in [2.24, 2.45) is 0 Å². The van der Waals surface area contributed by atoms with Crippen molar-refractivity contribution in [2.75, 3.05) is 0 Å². The van der Waals surface area contributed by atoms with Gasteiger partial charge in [-0.3, -0.25) is 0 Å². The molecular weight excluding hydrogens is 321 g/mol. The summed E-state index contributed by atoms with van der Waals surface area (Å²) in [6.45, 7) is 0. The second-order valence-electron chi connectivity index (χ2n) is 3.68. The van der Waals surface area contributed by atoms with Gasteiger partial charge < -0.3 is 0 Å². The van der Waals surface area contributed by atoms with E-state index < -0.39 is 4.33 Å². The van der Waals surface area contributed by atoms with E-state index in [-0.39, 0.29) is 0 Å². The van der Waals surface area contributed by atoms with Gasteiger partial charge in [0.05, 0.1) is 15.1 Å². The molecule has 1 aromatic carbocycles. The van der Waals surface area contributed by atoms with Gasteiger partial charge in [0.2, 0.25) is 0 Å². The highest BCUT2D eigenvalue weighted by Gasteiger charge is 2.23. The van der Waals surface area contributed by atoms with Crippen molar-refractivity contribution < 1.29 is 0 Å². The highest BCUT2D eigenvalue weighted by molar-refractivity contribution is 6.50. The number of alkyl halides is 2. The molecule has 1 aromatic rings. The lowest BCUT2D eigenvalue weighted by Gasteiger charge is -2.19. The van der Waals surface area contributed by atoms with E-state index in [4.69, 9.17) is 58.0 Å². The van der Waals surface area contributed by atoms with E-state index in [1.54, 1.807) is 12.1 Å². The summed E-state index contributed by atoms with van der Waals surface area (Å²) in [5.74, 6) is 0. The van der Waals surface area contributed by atoms with Gasteiger partial charge in [0.25, 0.3) is 0 Å². The monoisotopic (exact) mass is 326 g/mol. The molecule has 0 atom stereocenters. The average Bonchev–Trinajstić information content (AvgIpc) is 2.27. The lowest BCUT2D eigenvalue weighted by atomic mass is 9.99. The maximum absolute atomic E-state index is 6.15. The van der Waals surface area contributed by atoms with Gasteiger partial charge in [-0.1, -0.05) is 76.2 Å². The fraction of sp³-hybridized carbons (Fsp3) is 0.167. The van der Waals surface area contributed by atoms with Crippen LogP contribution >= 0.6 is 58.0 Å². The highest BCUT2D eigenvalue weighted by atomic mass is 35.5. The zero-order valence-electron chi connectivity index (χ0n) is 8.48. The Bertz CT molecular complexity index is 514. The summed E-state index contributed by atoms with van der Waals surface area (Å²) in [5, 5.41) is 1.23. The molecule has 0 radical (unpaired) electrons. The molecule has 17 heavy (non-hydrogen) atoms. The van der Waals surface area contributed by atoms with Crippen molar-refractivity contribution in [2.45, 2.75) is 10.8 Å². The molecule has 5 heteroatoms. The van der Waals surface area contributed by atoms with Crippen LogP contribution in [0.4, 0.5) is 0 Å². The molecule has 0 aromatic heterocycles. The lowest BCUT2D eigenvalue weighted by molar-refractivity contribution is 0.965. The largest absolute Gasteiger partial charge is 0.140 e. The third-order valence-electron chi connectivity index (χ3n) is 2.45. The Morgan fingerprint density at radius 2 is 1.71 bits per heavy atom. The molecule has 0 saturated carbocycles. The average molecular weight is 328 g/mol. The summed E-state index contributed by atoms with van der Waals surface area (Å²) in [7, 11) is 0. The first-order valence-corrected chi connectivity index (χ1v) is 6.71. The van der Waals surface area contributed by atoms with Crippen LogP contribution in [0.2, 0.25) is 15.1 Å². The molecule has 0 aliphatic heterocycles. The molecule has 0 bridgehead atoms. The minimum Gasteiger partial charge on any atom is -0.0966 e. The number of hydrogen-bond donors (Lipinski definition) is 0. The molecule has 1 aliphatic rings. The number of rotatable bonds is 1. The van der Waals surface area contributed by atoms with Gasteiger partial charge >= 0.3 is 0 Å². The van der Waals surface area contributed by atoms with E-state index in [2.05, 4.69) is 0 Å². The summed E-state index contributed by atoms with van der Waals surface area (Å²) in [6, 6.07) is 3.53. The topological polar surface area (TPSA) is 0 Å². The van der Waals surface area contributed by atoms with E-state index in [9.17, 15) is 0 Å². The first-order chi connectivity index (χ1) is 7.91. The van der Waals surface area contributed by atoms with E-state index >= 15 is 0 Å². The van der Waals surface area contributed by atoms with Gasteiger partial charge in [0.1, 0.15) is 4.33 Å². The van der Waals surface area contributed by atoms with Gasteiger partial charge in [-0.25, -0.2) is 0 Å². The third-order valence-corrected chi connectivity index (χ3v) is 4.30. The minimum atomic E-state index is -0.841. The van der Waals surface area contributed by atoms with Crippen LogP contribution in [0.15, 0.2) is 30.4 Å². The van der Waals surface area contributed by atoms with Crippen LogP contribution in [-0.2, 0) is 0 Å². The van der Waals surface area contributed by atoms with Crippen molar-refractivity contribution in [3.63, 3.8) is 0 Å². The van der Waals surface area contributed by atoms with Gasteiger partial charge in [-0.2, -0.15) is 0 Å². The maximum atomic E-state index is 6.15. The van der Waals surface area contributed by atoms with Crippen LogP contribution in [0.1, 0.15) is 12.0 Å². The molecule has 1 aliphatic carbocycles. The van der Waals surface area contributed by atoms with E-state index in [0.717, 1.165) is 11.1 Å². The standard InChI is InChI=1S/C12H7Cl5/c13-9-2-1-8(10(14)11(9)15)7-3-5-12(16,17)6-4-7/h1-5H,6H2. The number of halogens is 5. The maximum Gasteiger partial charge on any atom is 0.140 e.